The summed E-state index contributed by atoms with van der Waals surface area (Å²) in [5.41, 5.74) is 1.42. The molecule has 32 heavy (non-hydrogen) atoms. The topological polar surface area (TPSA) is 77.1 Å². The number of rotatable bonds is 8. The molecular weight excluding hydrogens is 408 g/mol. The second kappa shape index (κ2) is 10.4. The van der Waals surface area contributed by atoms with E-state index in [1.54, 1.807) is 50.5 Å². The fraction of sp³-hybridized carbons (Fsp3) is 0.440. The van der Waals surface area contributed by atoms with E-state index in [1.165, 1.54) is 0 Å². The van der Waals surface area contributed by atoms with Crippen molar-refractivity contribution in [1.82, 2.24) is 10.2 Å². The van der Waals surface area contributed by atoms with Crippen molar-refractivity contribution in [2.45, 2.75) is 19.8 Å². The first-order chi connectivity index (χ1) is 15.4. The van der Waals surface area contributed by atoms with Crippen LogP contribution in [0.2, 0.25) is 0 Å². The summed E-state index contributed by atoms with van der Waals surface area (Å²) in [5.74, 6) is 1.61. The Hall–Kier alpha value is -3.22. The number of benzene rings is 2. The molecule has 0 aliphatic carbocycles. The Morgan fingerprint density at radius 3 is 2.22 bits per heavy atom. The number of amides is 2. The molecule has 1 saturated heterocycles. The van der Waals surface area contributed by atoms with Gasteiger partial charge in [-0.15, -0.1) is 0 Å². The minimum Gasteiger partial charge on any atom is -0.497 e. The van der Waals surface area contributed by atoms with Gasteiger partial charge in [0.1, 0.15) is 17.2 Å². The Kier molecular flexibility index (Phi) is 7.62. The highest BCUT2D eigenvalue weighted by Gasteiger charge is 2.42. The molecule has 1 heterocycles. The van der Waals surface area contributed by atoms with Crippen molar-refractivity contribution in [3.63, 3.8) is 0 Å². The number of nitrogens with zero attached hydrogens (tertiary/aromatic N) is 1. The molecule has 0 radical (unpaired) electrons. The normalized spacial score (nSPS) is 17.9. The van der Waals surface area contributed by atoms with Crippen molar-refractivity contribution in [2.24, 2.45) is 11.8 Å². The van der Waals surface area contributed by atoms with Gasteiger partial charge in [0.2, 0.25) is 5.91 Å². The molecule has 1 aliphatic heterocycles. The van der Waals surface area contributed by atoms with Crippen molar-refractivity contribution in [2.75, 3.05) is 41.0 Å². The van der Waals surface area contributed by atoms with E-state index >= 15 is 0 Å². The maximum atomic E-state index is 13.2. The summed E-state index contributed by atoms with van der Waals surface area (Å²) in [7, 11) is 4.80. The minimum absolute atomic E-state index is 0.0568. The van der Waals surface area contributed by atoms with Crippen LogP contribution in [-0.2, 0) is 4.79 Å². The number of carbonyl (C=O) groups excluding carboxylic acids is 2. The quantitative estimate of drug-likeness (QED) is 0.681. The smallest absolute Gasteiger partial charge is 0.253 e. The summed E-state index contributed by atoms with van der Waals surface area (Å²) in [6.45, 7) is 5.44. The predicted molar refractivity (Wildman–Crippen MR) is 123 cm³/mol. The lowest BCUT2D eigenvalue weighted by Crippen LogP contribution is -2.37. The monoisotopic (exact) mass is 440 g/mol. The SMILES string of the molecule is COc1ccc(C(=O)N2C[C@H](C(=O)NCC(C)C)[C@H](c3cc(OC)ccc3OC)C2)cc1. The lowest BCUT2D eigenvalue weighted by molar-refractivity contribution is -0.125. The third-order valence-electron chi connectivity index (χ3n) is 5.80. The number of nitrogens with one attached hydrogen (secondary N) is 1. The number of hydrogen-bond acceptors (Lipinski definition) is 5. The highest BCUT2D eigenvalue weighted by molar-refractivity contribution is 5.95. The van der Waals surface area contributed by atoms with Crippen LogP contribution in [0.4, 0.5) is 0 Å². The van der Waals surface area contributed by atoms with Crippen molar-refractivity contribution < 1.29 is 23.8 Å². The van der Waals surface area contributed by atoms with E-state index in [0.29, 0.717) is 48.4 Å². The zero-order valence-electron chi connectivity index (χ0n) is 19.4. The Bertz CT molecular complexity index is 942. The van der Waals surface area contributed by atoms with Gasteiger partial charge in [-0.05, 0) is 48.4 Å². The van der Waals surface area contributed by atoms with Crippen molar-refractivity contribution in [3.05, 3.63) is 53.6 Å². The first-order valence-corrected chi connectivity index (χ1v) is 10.8. The molecule has 2 aromatic rings. The number of likely N-dealkylation sites (tertiary alicyclic amines) is 1. The molecule has 2 atom stereocenters. The molecule has 0 bridgehead atoms. The highest BCUT2D eigenvalue weighted by Crippen LogP contribution is 2.40. The van der Waals surface area contributed by atoms with E-state index < -0.39 is 5.92 Å². The number of methoxy groups -OCH3 is 3. The van der Waals surface area contributed by atoms with Crippen molar-refractivity contribution in [3.8, 4) is 17.2 Å². The van der Waals surface area contributed by atoms with Gasteiger partial charge in [0, 0.05) is 36.7 Å². The fourth-order valence-electron chi connectivity index (χ4n) is 4.03. The molecule has 1 N–H and O–H groups in total. The van der Waals surface area contributed by atoms with Crippen molar-refractivity contribution >= 4 is 11.8 Å². The van der Waals surface area contributed by atoms with Crippen LogP contribution >= 0.6 is 0 Å². The van der Waals surface area contributed by atoms with Gasteiger partial charge in [-0.3, -0.25) is 9.59 Å². The molecule has 0 aromatic heterocycles. The Morgan fingerprint density at radius 2 is 1.62 bits per heavy atom. The second-order valence-electron chi connectivity index (χ2n) is 8.40. The van der Waals surface area contributed by atoms with E-state index in [-0.39, 0.29) is 17.7 Å². The summed E-state index contributed by atoms with van der Waals surface area (Å²) < 4.78 is 16.2. The number of hydrogen-bond donors (Lipinski definition) is 1. The number of ether oxygens (including phenoxy) is 3. The number of carbonyl (C=O) groups is 2. The standard InChI is InChI=1S/C25H32N2O5/c1-16(2)13-26-24(28)22-15-27(25(29)17-6-8-18(30-3)9-7-17)14-21(22)20-12-19(31-4)10-11-23(20)32-5/h6-12,16,21-22H,13-15H2,1-5H3,(H,26,28)/t21-,22-/m0/s1. The van der Waals surface area contributed by atoms with Gasteiger partial charge in [0.25, 0.3) is 5.91 Å². The van der Waals surface area contributed by atoms with Crippen LogP contribution in [-0.4, -0.2) is 57.7 Å². The Labute approximate surface area is 189 Å². The lowest BCUT2D eigenvalue weighted by atomic mass is 9.87. The van der Waals surface area contributed by atoms with Gasteiger partial charge in [-0.25, -0.2) is 0 Å². The van der Waals surface area contributed by atoms with Gasteiger partial charge >= 0.3 is 0 Å². The molecule has 2 amide bonds. The van der Waals surface area contributed by atoms with Crippen LogP contribution in [0.15, 0.2) is 42.5 Å². The van der Waals surface area contributed by atoms with Crippen LogP contribution in [0.1, 0.15) is 35.7 Å². The molecule has 1 fully saturated rings. The van der Waals surface area contributed by atoms with Crippen LogP contribution in [0.5, 0.6) is 17.2 Å². The predicted octanol–water partition coefficient (Wildman–Crippen LogP) is 3.34. The zero-order chi connectivity index (χ0) is 23.3. The third-order valence-corrected chi connectivity index (χ3v) is 5.80. The average Bonchev–Trinajstić information content (AvgIpc) is 3.27. The molecule has 172 valence electrons. The molecule has 0 saturated carbocycles. The largest absolute Gasteiger partial charge is 0.497 e. The molecule has 2 aromatic carbocycles. The Balaban J connectivity index is 1.92. The van der Waals surface area contributed by atoms with Gasteiger partial charge in [-0.1, -0.05) is 13.8 Å². The van der Waals surface area contributed by atoms with Crippen molar-refractivity contribution in [1.29, 1.82) is 0 Å². The summed E-state index contributed by atoms with van der Waals surface area (Å²) in [6.07, 6.45) is 0. The van der Waals surface area contributed by atoms with E-state index in [0.717, 1.165) is 5.56 Å². The average molecular weight is 441 g/mol. The molecular formula is C25H32N2O5. The summed E-state index contributed by atoms with van der Waals surface area (Å²) in [5, 5.41) is 3.04. The van der Waals surface area contributed by atoms with Crippen LogP contribution in [0, 0.1) is 11.8 Å². The molecule has 0 unspecified atom stereocenters. The summed E-state index contributed by atoms with van der Waals surface area (Å²) in [4.78, 5) is 28.1. The second-order valence-corrected chi connectivity index (χ2v) is 8.40. The van der Waals surface area contributed by atoms with Gasteiger partial charge < -0.3 is 24.4 Å². The van der Waals surface area contributed by atoms with E-state index in [1.807, 2.05) is 18.2 Å². The van der Waals surface area contributed by atoms with Crippen LogP contribution in [0.25, 0.3) is 0 Å². The van der Waals surface area contributed by atoms with Crippen LogP contribution < -0.4 is 19.5 Å². The van der Waals surface area contributed by atoms with Gasteiger partial charge in [-0.2, -0.15) is 0 Å². The third kappa shape index (κ3) is 5.15. The maximum Gasteiger partial charge on any atom is 0.253 e. The van der Waals surface area contributed by atoms with Gasteiger partial charge in [0.15, 0.2) is 0 Å². The van der Waals surface area contributed by atoms with Gasteiger partial charge in [0.05, 0.1) is 27.2 Å². The Morgan fingerprint density at radius 1 is 0.969 bits per heavy atom. The van der Waals surface area contributed by atoms with E-state index in [9.17, 15) is 9.59 Å². The molecule has 1 aliphatic rings. The minimum atomic E-state index is -0.392. The van der Waals surface area contributed by atoms with E-state index in [4.69, 9.17) is 14.2 Å². The lowest BCUT2D eigenvalue weighted by Gasteiger charge is -2.21. The summed E-state index contributed by atoms with van der Waals surface area (Å²) in [6, 6.07) is 12.6. The maximum absolute atomic E-state index is 13.2. The zero-order valence-corrected chi connectivity index (χ0v) is 19.4. The molecule has 3 rings (SSSR count). The fourth-order valence-corrected chi connectivity index (χ4v) is 4.03. The first-order valence-electron chi connectivity index (χ1n) is 10.8. The van der Waals surface area contributed by atoms with E-state index in [2.05, 4.69) is 19.2 Å². The molecule has 7 nitrogen and oxygen atoms in total. The first kappa shape index (κ1) is 23.4. The highest BCUT2D eigenvalue weighted by atomic mass is 16.5. The summed E-state index contributed by atoms with van der Waals surface area (Å²) >= 11 is 0. The molecule has 0 spiro atoms. The molecule has 7 heteroatoms. The van der Waals surface area contributed by atoms with Crippen LogP contribution in [0.3, 0.4) is 0 Å².